The van der Waals surface area contributed by atoms with Crippen molar-refractivity contribution >= 4 is 5.97 Å². The molecule has 0 aliphatic rings. The van der Waals surface area contributed by atoms with Crippen LogP contribution < -0.4 is 0 Å². The third-order valence-electron chi connectivity index (χ3n) is 3.99. The van der Waals surface area contributed by atoms with Gasteiger partial charge in [0.2, 0.25) is 0 Å². The molecule has 21 heavy (non-hydrogen) atoms. The van der Waals surface area contributed by atoms with Crippen molar-refractivity contribution in [3.05, 3.63) is 0 Å². The SMILES string of the molecule is CCCCCCCCCCCCCCCCCC(=O)O.[Zn+2]. The van der Waals surface area contributed by atoms with Crippen molar-refractivity contribution in [3.8, 4) is 0 Å². The summed E-state index contributed by atoms with van der Waals surface area (Å²) in [6.45, 7) is 2.27. The Labute approximate surface area is 145 Å². The number of hydrogen-bond donors (Lipinski definition) is 1. The third kappa shape index (κ3) is 22.5. The van der Waals surface area contributed by atoms with Crippen LogP contribution in [0.3, 0.4) is 0 Å². The molecule has 3 heteroatoms. The molecule has 0 fully saturated rings. The number of carboxylic acids is 1. The zero-order valence-electron chi connectivity index (χ0n) is 14.4. The summed E-state index contributed by atoms with van der Waals surface area (Å²) in [5.74, 6) is -0.653. The minimum Gasteiger partial charge on any atom is -0.481 e. The van der Waals surface area contributed by atoms with Crippen LogP contribution in [0.5, 0.6) is 0 Å². The van der Waals surface area contributed by atoms with Gasteiger partial charge in [-0.3, -0.25) is 4.79 Å². The third-order valence-corrected chi connectivity index (χ3v) is 3.99. The van der Waals surface area contributed by atoms with Gasteiger partial charge in [-0.05, 0) is 6.42 Å². The van der Waals surface area contributed by atoms with Crippen LogP contribution in [0.15, 0.2) is 0 Å². The predicted octanol–water partition coefficient (Wildman–Crippen LogP) is 6.33. The molecule has 0 unspecified atom stereocenters. The van der Waals surface area contributed by atoms with Gasteiger partial charge in [-0.25, -0.2) is 0 Å². The summed E-state index contributed by atoms with van der Waals surface area (Å²) < 4.78 is 0. The van der Waals surface area contributed by atoms with E-state index in [4.69, 9.17) is 5.11 Å². The summed E-state index contributed by atoms with van der Waals surface area (Å²) in [7, 11) is 0. The number of carboxylic acid groups (broad SMARTS) is 1. The molecule has 0 aliphatic carbocycles. The molecular formula is C18H36O2Zn+2. The maximum atomic E-state index is 10.3. The summed E-state index contributed by atoms with van der Waals surface area (Å²) in [6.07, 6.45) is 20.2. The fourth-order valence-corrected chi connectivity index (χ4v) is 2.65. The zero-order chi connectivity index (χ0) is 14.9. The molecule has 0 atom stereocenters. The normalized spacial score (nSPS) is 10.3. The van der Waals surface area contributed by atoms with Gasteiger partial charge >= 0.3 is 25.4 Å². The molecule has 2 nitrogen and oxygen atoms in total. The smallest absolute Gasteiger partial charge is 0.481 e. The number of aliphatic carboxylic acids is 1. The van der Waals surface area contributed by atoms with E-state index in [9.17, 15) is 4.79 Å². The molecule has 0 radical (unpaired) electrons. The Balaban J connectivity index is 0. The van der Waals surface area contributed by atoms with Gasteiger partial charge in [0.05, 0.1) is 0 Å². The summed E-state index contributed by atoms with van der Waals surface area (Å²) in [4.78, 5) is 10.3. The van der Waals surface area contributed by atoms with E-state index in [-0.39, 0.29) is 19.5 Å². The average Bonchev–Trinajstić information content (AvgIpc) is 2.43. The topological polar surface area (TPSA) is 37.3 Å². The number of hydrogen-bond acceptors (Lipinski definition) is 1. The molecule has 0 saturated heterocycles. The molecule has 0 aliphatic heterocycles. The summed E-state index contributed by atoms with van der Waals surface area (Å²) in [5.41, 5.74) is 0. The van der Waals surface area contributed by atoms with Gasteiger partial charge < -0.3 is 5.11 Å². The Morgan fingerprint density at radius 3 is 1.19 bits per heavy atom. The average molecular weight is 350 g/mol. The maximum absolute atomic E-state index is 10.3. The van der Waals surface area contributed by atoms with Crippen LogP contribution in [-0.4, -0.2) is 11.1 Å². The summed E-state index contributed by atoms with van der Waals surface area (Å²) >= 11 is 0. The second-order valence-electron chi connectivity index (χ2n) is 6.09. The second-order valence-corrected chi connectivity index (χ2v) is 6.09. The van der Waals surface area contributed by atoms with Crippen molar-refractivity contribution in [1.82, 2.24) is 0 Å². The monoisotopic (exact) mass is 348 g/mol. The standard InChI is InChI=1S/C18H36O2.Zn/c1-2-3-4-5-6-7-8-9-10-11-12-13-14-15-16-17-18(19)20;/h2-17H2,1H3,(H,19,20);/q;+2. The number of unbranched alkanes of at least 4 members (excludes halogenated alkanes) is 14. The van der Waals surface area contributed by atoms with Crippen molar-refractivity contribution in [2.45, 2.75) is 110 Å². The molecule has 0 bridgehead atoms. The summed E-state index contributed by atoms with van der Waals surface area (Å²) in [5, 5.41) is 8.52. The van der Waals surface area contributed by atoms with E-state index in [1.807, 2.05) is 0 Å². The van der Waals surface area contributed by atoms with Gasteiger partial charge in [0.15, 0.2) is 0 Å². The van der Waals surface area contributed by atoms with Crippen molar-refractivity contribution in [2.75, 3.05) is 0 Å². The van der Waals surface area contributed by atoms with Gasteiger partial charge in [-0.2, -0.15) is 0 Å². The molecule has 1 N–H and O–H groups in total. The summed E-state index contributed by atoms with van der Waals surface area (Å²) in [6, 6.07) is 0. The van der Waals surface area contributed by atoms with Gasteiger partial charge in [-0.15, -0.1) is 0 Å². The van der Waals surface area contributed by atoms with Crippen LogP contribution in [-0.2, 0) is 24.3 Å². The first kappa shape index (κ1) is 23.4. The zero-order valence-corrected chi connectivity index (χ0v) is 17.3. The van der Waals surface area contributed by atoms with Crippen LogP contribution in [0.4, 0.5) is 0 Å². The van der Waals surface area contributed by atoms with Gasteiger partial charge in [0.25, 0.3) is 0 Å². The van der Waals surface area contributed by atoms with Crippen molar-refractivity contribution in [3.63, 3.8) is 0 Å². The Bertz CT molecular complexity index is 207. The van der Waals surface area contributed by atoms with Gasteiger partial charge in [-0.1, -0.05) is 96.8 Å². The van der Waals surface area contributed by atoms with Crippen LogP contribution in [0.1, 0.15) is 110 Å². The van der Waals surface area contributed by atoms with E-state index < -0.39 is 5.97 Å². The van der Waals surface area contributed by atoms with Crippen LogP contribution >= 0.6 is 0 Å². The van der Waals surface area contributed by atoms with Crippen LogP contribution in [0.2, 0.25) is 0 Å². The molecule has 0 amide bonds. The second kappa shape index (κ2) is 20.1. The van der Waals surface area contributed by atoms with Crippen molar-refractivity contribution in [1.29, 1.82) is 0 Å². The van der Waals surface area contributed by atoms with Crippen LogP contribution in [0.25, 0.3) is 0 Å². The largest absolute Gasteiger partial charge is 2.00 e. The Kier molecular flexibility index (Phi) is 22.4. The molecule has 0 aromatic rings. The van der Waals surface area contributed by atoms with E-state index in [1.165, 1.54) is 83.5 Å². The molecule has 0 heterocycles. The number of rotatable bonds is 16. The molecule has 0 rings (SSSR count). The Morgan fingerprint density at radius 2 is 0.905 bits per heavy atom. The first-order valence-electron chi connectivity index (χ1n) is 8.99. The number of carbonyl (C=O) groups is 1. The predicted molar refractivity (Wildman–Crippen MR) is 87.2 cm³/mol. The van der Waals surface area contributed by atoms with E-state index in [1.54, 1.807) is 0 Å². The fourth-order valence-electron chi connectivity index (χ4n) is 2.65. The molecule has 0 aromatic carbocycles. The van der Waals surface area contributed by atoms with E-state index in [2.05, 4.69) is 6.92 Å². The first-order chi connectivity index (χ1) is 9.77. The maximum Gasteiger partial charge on any atom is 2.00 e. The van der Waals surface area contributed by atoms with Crippen molar-refractivity contribution < 1.29 is 29.4 Å². The minimum absolute atomic E-state index is 0. The van der Waals surface area contributed by atoms with Crippen LogP contribution in [0, 0.1) is 0 Å². The quantitative estimate of drug-likeness (QED) is 0.261. The van der Waals surface area contributed by atoms with Crippen molar-refractivity contribution in [2.24, 2.45) is 0 Å². The van der Waals surface area contributed by atoms with E-state index in [0.717, 1.165) is 12.8 Å². The molecular weight excluding hydrogens is 314 g/mol. The van der Waals surface area contributed by atoms with Gasteiger partial charge in [0, 0.05) is 6.42 Å². The molecule has 0 spiro atoms. The first-order valence-corrected chi connectivity index (χ1v) is 8.99. The fraction of sp³-hybridized carbons (Fsp3) is 0.944. The molecule has 120 valence electrons. The van der Waals surface area contributed by atoms with E-state index >= 15 is 0 Å². The molecule has 0 aromatic heterocycles. The Morgan fingerprint density at radius 1 is 0.619 bits per heavy atom. The van der Waals surface area contributed by atoms with Gasteiger partial charge in [0.1, 0.15) is 0 Å². The minimum atomic E-state index is -0.653. The van der Waals surface area contributed by atoms with E-state index in [0.29, 0.717) is 6.42 Å². The Hall–Kier alpha value is 0.0934. The molecule has 0 saturated carbocycles.